The first kappa shape index (κ1) is 17.4. The highest BCUT2D eigenvalue weighted by Gasteiger charge is 2.13. The van der Waals surface area contributed by atoms with Crippen molar-refractivity contribution in [2.75, 3.05) is 20.2 Å². The number of aryl methyl sites for hydroxylation is 3. The summed E-state index contributed by atoms with van der Waals surface area (Å²) in [4.78, 5) is 6.19. The van der Waals surface area contributed by atoms with Crippen molar-refractivity contribution in [3.05, 3.63) is 41.0 Å². The molecule has 0 radical (unpaired) electrons. The molecule has 2 aromatic rings. The van der Waals surface area contributed by atoms with Crippen LogP contribution in [0.4, 0.5) is 0 Å². The van der Waals surface area contributed by atoms with E-state index in [0.29, 0.717) is 24.8 Å². The standard InChI is InChI=1S/C17H25N3O3/c1-5-16-18-17(23-19-16)10-20(4)9-14(21)11-22-15-7-6-12(2)8-13(15)3/h6-8,14,21H,5,9-11H2,1-4H3. The lowest BCUT2D eigenvalue weighted by molar-refractivity contribution is 0.0711. The van der Waals surface area contributed by atoms with Gasteiger partial charge in [0.15, 0.2) is 5.82 Å². The summed E-state index contributed by atoms with van der Waals surface area (Å²) in [6.45, 7) is 7.25. The summed E-state index contributed by atoms with van der Waals surface area (Å²) in [5.41, 5.74) is 2.27. The molecule has 0 saturated heterocycles. The molecule has 6 nitrogen and oxygen atoms in total. The fraction of sp³-hybridized carbons (Fsp3) is 0.529. The number of rotatable bonds is 8. The summed E-state index contributed by atoms with van der Waals surface area (Å²) in [6.07, 6.45) is 0.161. The molecule has 1 N–H and O–H groups in total. The van der Waals surface area contributed by atoms with Gasteiger partial charge in [-0.2, -0.15) is 4.98 Å². The van der Waals surface area contributed by atoms with Crippen LogP contribution >= 0.6 is 0 Å². The third kappa shape index (κ3) is 5.33. The predicted octanol–water partition coefficient (Wildman–Crippen LogP) is 2.12. The van der Waals surface area contributed by atoms with Crippen LogP contribution < -0.4 is 4.74 Å². The molecule has 1 unspecified atom stereocenters. The monoisotopic (exact) mass is 319 g/mol. The van der Waals surface area contributed by atoms with Crippen molar-refractivity contribution < 1.29 is 14.4 Å². The molecule has 1 atom stereocenters. The van der Waals surface area contributed by atoms with E-state index in [1.807, 2.05) is 44.9 Å². The maximum atomic E-state index is 10.1. The number of benzene rings is 1. The van der Waals surface area contributed by atoms with E-state index < -0.39 is 6.10 Å². The van der Waals surface area contributed by atoms with Gasteiger partial charge in [-0.05, 0) is 32.5 Å². The summed E-state index contributed by atoms with van der Waals surface area (Å²) >= 11 is 0. The maximum Gasteiger partial charge on any atom is 0.240 e. The zero-order valence-corrected chi connectivity index (χ0v) is 14.2. The molecular weight excluding hydrogens is 294 g/mol. The Hall–Kier alpha value is -1.92. The third-order valence-corrected chi connectivity index (χ3v) is 3.52. The van der Waals surface area contributed by atoms with Crippen molar-refractivity contribution >= 4 is 0 Å². The fourth-order valence-corrected chi connectivity index (χ4v) is 2.35. The highest BCUT2D eigenvalue weighted by molar-refractivity contribution is 5.35. The van der Waals surface area contributed by atoms with Gasteiger partial charge in [0.2, 0.25) is 5.89 Å². The van der Waals surface area contributed by atoms with E-state index in [1.165, 1.54) is 5.56 Å². The second-order valence-electron chi connectivity index (χ2n) is 5.89. The Morgan fingerprint density at radius 3 is 2.78 bits per heavy atom. The highest BCUT2D eigenvalue weighted by atomic mass is 16.5. The number of hydrogen-bond donors (Lipinski definition) is 1. The largest absolute Gasteiger partial charge is 0.491 e. The van der Waals surface area contributed by atoms with Crippen molar-refractivity contribution in [3.8, 4) is 5.75 Å². The number of aliphatic hydroxyl groups excluding tert-OH is 1. The van der Waals surface area contributed by atoms with Crippen LogP contribution in [0.25, 0.3) is 0 Å². The molecule has 0 saturated carbocycles. The van der Waals surface area contributed by atoms with Gasteiger partial charge in [-0.3, -0.25) is 4.90 Å². The molecule has 1 heterocycles. The minimum absolute atomic E-state index is 0.248. The van der Waals surface area contributed by atoms with Gasteiger partial charge in [-0.15, -0.1) is 0 Å². The molecular formula is C17H25N3O3. The average Bonchev–Trinajstić information content (AvgIpc) is 2.93. The molecule has 23 heavy (non-hydrogen) atoms. The number of aliphatic hydroxyl groups is 1. The summed E-state index contributed by atoms with van der Waals surface area (Å²) in [6, 6.07) is 6.00. The Balaban J connectivity index is 1.78. The summed E-state index contributed by atoms with van der Waals surface area (Å²) in [5, 5.41) is 14.0. The predicted molar refractivity (Wildman–Crippen MR) is 87.4 cm³/mol. The Kier molecular flexibility index (Phi) is 6.12. The lowest BCUT2D eigenvalue weighted by Crippen LogP contribution is -2.33. The van der Waals surface area contributed by atoms with Crippen LogP contribution in [0.5, 0.6) is 5.75 Å². The molecule has 126 valence electrons. The SMILES string of the molecule is CCc1noc(CN(C)CC(O)COc2ccc(C)cc2C)n1. The van der Waals surface area contributed by atoms with Gasteiger partial charge in [0.05, 0.1) is 6.54 Å². The summed E-state index contributed by atoms with van der Waals surface area (Å²) < 4.78 is 10.8. The van der Waals surface area contributed by atoms with Crippen molar-refractivity contribution in [2.45, 2.75) is 39.8 Å². The topological polar surface area (TPSA) is 71.6 Å². The lowest BCUT2D eigenvalue weighted by atomic mass is 10.1. The molecule has 0 spiro atoms. The van der Waals surface area contributed by atoms with E-state index in [-0.39, 0.29) is 6.61 Å². The summed E-state index contributed by atoms with van der Waals surface area (Å²) in [5.74, 6) is 2.07. The van der Waals surface area contributed by atoms with Gasteiger partial charge in [-0.25, -0.2) is 0 Å². The van der Waals surface area contributed by atoms with Crippen LogP contribution in [-0.2, 0) is 13.0 Å². The van der Waals surface area contributed by atoms with Gasteiger partial charge in [0.25, 0.3) is 0 Å². The van der Waals surface area contributed by atoms with Crippen LogP contribution in [0.3, 0.4) is 0 Å². The third-order valence-electron chi connectivity index (χ3n) is 3.52. The normalized spacial score (nSPS) is 12.6. The summed E-state index contributed by atoms with van der Waals surface area (Å²) in [7, 11) is 1.90. The molecule has 1 aromatic carbocycles. The first-order chi connectivity index (χ1) is 11.0. The molecule has 0 amide bonds. The zero-order valence-electron chi connectivity index (χ0n) is 14.2. The minimum atomic E-state index is -0.589. The van der Waals surface area contributed by atoms with Gasteiger partial charge in [-0.1, -0.05) is 29.8 Å². The highest BCUT2D eigenvalue weighted by Crippen LogP contribution is 2.18. The van der Waals surface area contributed by atoms with Crippen molar-refractivity contribution in [2.24, 2.45) is 0 Å². The second-order valence-corrected chi connectivity index (χ2v) is 5.89. The van der Waals surface area contributed by atoms with Gasteiger partial charge in [0.1, 0.15) is 18.5 Å². The molecule has 0 aliphatic carbocycles. The van der Waals surface area contributed by atoms with Crippen molar-refractivity contribution in [3.63, 3.8) is 0 Å². The first-order valence-electron chi connectivity index (χ1n) is 7.86. The van der Waals surface area contributed by atoms with Crippen molar-refractivity contribution in [1.82, 2.24) is 15.0 Å². The minimum Gasteiger partial charge on any atom is -0.491 e. The van der Waals surface area contributed by atoms with Crippen LogP contribution in [0.2, 0.25) is 0 Å². The molecule has 0 fully saturated rings. The van der Waals surface area contributed by atoms with E-state index in [0.717, 1.165) is 17.7 Å². The molecule has 0 aliphatic heterocycles. The van der Waals surface area contributed by atoms with Gasteiger partial charge in [0, 0.05) is 13.0 Å². The number of ether oxygens (including phenoxy) is 1. The van der Waals surface area contributed by atoms with E-state index >= 15 is 0 Å². The first-order valence-corrected chi connectivity index (χ1v) is 7.86. The van der Waals surface area contributed by atoms with E-state index in [9.17, 15) is 5.11 Å². The van der Waals surface area contributed by atoms with Crippen LogP contribution in [0, 0.1) is 13.8 Å². The van der Waals surface area contributed by atoms with Crippen LogP contribution in [0.1, 0.15) is 29.8 Å². The molecule has 6 heteroatoms. The molecule has 0 aliphatic rings. The fourth-order valence-electron chi connectivity index (χ4n) is 2.35. The van der Waals surface area contributed by atoms with Gasteiger partial charge < -0.3 is 14.4 Å². The van der Waals surface area contributed by atoms with E-state index in [2.05, 4.69) is 16.2 Å². The van der Waals surface area contributed by atoms with Crippen LogP contribution in [0.15, 0.2) is 22.7 Å². The second kappa shape index (κ2) is 8.08. The molecule has 0 bridgehead atoms. The van der Waals surface area contributed by atoms with E-state index in [1.54, 1.807) is 0 Å². The maximum absolute atomic E-state index is 10.1. The Morgan fingerprint density at radius 1 is 1.35 bits per heavy atom. The molecule has 2 rings (SSSR count). The zero-order chi connectivity index (χ0) is 16.8. The quantitative estimate of drug-likeness (QED) is 0.803. The number of aromatic nitrogens is 2. The van der Waals surface area contributed by atoms with E-state index in [4.69, 9.17) is 9.26 Å². The Labute approximate surface area is 137 Å². The number of likely N-dealkylation sites (N-methyl/N-ethyl adjacent to an activating group) is 1. The Bertz CT molecular complexity index is 627. The van der Waals surface area contributed by atoms with Crippen LogP contribution in [-0.4, -0.2) is 46.5 Å². The smallest absolute Gasteiger partial charge is 0.240 e. The number of hydrogen-bond acceptors (Lipinski definition) is 6. The lowest BCUT2D eigenvalue weighted by Gasteiger charge is -2.19. The molecule has 1 aromatic heterocycles. The van der Waals surface area contributed by atoms with Crippen molar-refractivity contribution in [1.29, 1.82) is 0 Å². The average molecular weight is 319 g/mol. The Morgan fingerprint density at radius 2 is 2.13 bits per heavy atom. The van der Waals surface area contributed by atoms with Gasteiger partial charge >= 0.3 is 0 Å². The number of nitrogens with zero attached hydrogens (tertiary/aromatic N) is 3.